The number of nitrogens with one attached hydrogen (secondary N) is 1. The third-order valence-corrected chi connectivity index (χ3v) is 2.23. The molecule has 96 valence electrons. The van der Waals surface area contributed by atoms with Gasteiger partial charge in [0.2, 0.25) is 5.91 Å². The molecule has 2 N–H and O–H groups in total. The largest absolute Gasteiger partial charge is 0.385 e. The van der Waals surface area contributed by atoms with Crippen molar-refractivity contribution in [1.29, 1.82) is 0 Å². The normalized spacial score (nSPS) is 9.44. The number of aliphatic hydroxyl groups is 1. The Bertz CT molecular complexity index is 429. The van der Waals surface area contributed by atoms with Gasteiger partial charge in [0.1, 0.15) is 6.61 Å². The van der Waals surface area contributed by atoms with Crippen LogP contribution in [0.1, 0.15) is 18.4 Å². The predicted molar refractivity (Wildman–Crippen MR) is 70.1 cm³/mol. The summed E-state index contributed by atoms with van der Waals surface area (Å²) in [5.41, 5.74) is 1.55. The molecule has 0 aliphatic carbocycles. The lowest BCUT2D eigenvalue weighted by Gasteiger charge is -2.04. The minimum Gasteiger partial charge on any atom is -0.385 e. The highest BCUT2D eigenvalue weighted by Crippen LogP contribution is 2.09. The Hall–Kier alpha value is -1.83. The number of carbonyl (C=O) groups is 1. The van der Waals surface area contributed by atoms with E-state index in [0.717, 1.165) is 11.3 Å². The summed E-state index contributed by atoms with van der Waals surface area (Å²) in [5.74, 6) is 5.32. The molecular weight excluding hydrogens is 230 g/mol. The SMILES string of the molecule is COCCCC(=O)Nc1ccc(C#CCO)cc1. The number of aliphatic hydroxyl groups excluding tert-OH is 1. The van der Waals surface area contributed by atoms with Crippen LogP contribution in [0.25, 0.3) is 0 Å². The van der Waals surface area contributed by atoms with Crippen LogP contribution in [0.3, 0.4) is 0 Å². The molecule has 0 atom stereocenters. The number of hydrogen-bond acceptors (Lipinski definition) is 3. The van der Waals surface area contributed by atoms with Crippen molar-refractivity contribution in [2.75, 3.05) is 25.6 Å². The van der Waals surface area contributed by atoms with Crippen LogP contribution in [0.4, 0.5) is 5.69 Å². The first-order valence-corrected chi connectivity index (χ1v) is 5.75. The molecule has 0 fully saturated rings. The van der Waals surface area contributed by atoms with Crippen LogP contribution in [-0.2, 0) is 9.53 Å². The summed E-state index contributed by atoms with van der Waals surface area (Å²) >= 11 is 0. The van der Waals surface area contributed by atoms with Gasteiger partial charge in [0.25, 0.3) is 0 Å². The summed E-state index contributed by atoms with van der Waals surface area (Å²) < 4.78 is 4.88. The highest BCUT2D eigenvalue weighted by molar-refractivity contribution is 5.90. The van der Waals surface area contributed by atoms with Crippen molar-refractivity contribution in [3.05, 3.63) is 29.8 Å². The van der Waals surface area contributed by atoms with Crippen molar-refractivity contribution in [2.24, 2.45) is 0 Å². The van der Waals surface area contributed by atoms with Crippen molar-refractivity contribution < 1.29 is 14.6 Å². The molecule has 0 saturated heterocycles. The minimum absolute atomic E-state index is 0.0266. The Kier molecular flexibility index (Phi) is 6.55. The number of rotatable bonds is 5. The summed E-state index contributed by atoms with van der Waals surface area (Å²) in [6, 6.07) is 7.17. The van der Waals surface area contributed by atoms with E-state index in [9.17, 15) is 4.79 Å². The van der Waals surface area contributed by atoms with Crippen LogP contribution < -0.4 is 5.32 Å². The van der Waals surface area contributed by atoms with E-state index in [-0.39, 0.29) is 12.5 Å². The number of benzene rings is 1. The third kappa shape index (κ3) is 5.48. The first-order valence-electron chi connectivity index (χ1n) is 5.75. The summed E-state index contributed by atoms with van der Waals surface area (Å²) in [4.78, 5) is 11.5. The molecule has 1 aromatic rings. The van der Waals surface area contributed by atoms with Crippen molar-refractivity contribution >= 4 is 11.6 Å². The molecular formula is C14H17NO3. The molecule has 4 heteroatoms. The summed E-state index contributed by atoms with van der Waals surface area (Å²) in [7, 11) is 1.62. The maximum Gasteiger partial charge on any atom is 0.224 e. The molecule has 0 heterocycles. The highest BCUT2D eigenvalue weighted by Gasteiger charge is 2.01. The molecule has 0 bridgehead atoms. The van der Waals surface area contributed by atoms with Crippen LogP contribution in [0.2, 0.25) is 0 Å². The van der Waals surface area contributed by atoms with Gasteiger partial charge < -0.3 is 15.2 Å². The van der Waals surface area contributed by atoms with Gasteiger partial charge in [-0.3, -0.25) is 4.79 Å². The van der Waals surface area contributed by atoms with E-state index in [1.54, 1.807) is 31.4 Å². The molecule has 0 radical (unpaired) electrons. The van der Waals surface area contributed by atoms with Gasteiger partial charge in [-0.05, 0) is 30.7 Å². The number of ether oxygens (including phenoxy) is 1. The second-order valence-corrected chi connectivity index (χ2v) is 3.68. The van der Waals surface area contributed by atoms with Crippen LogP contribution in [0.5, 0.6) is 0 Å². The van der Waals surface area contributed by atoms with Gasteiger partial charge in [-0.1, -0.05) is 11.8 Å². The fourth-order valence-corrected chi connectivity index (χ4v) is 1.38. The van der Waals surface area contributed by atoms with Gasteiger partial charge >= 0.3 is 0 Å². The van der Waals surface area contributed by atoms with E-state index in [4.69, 9.17) is 9.84 Å². The predicted octanol–water partition coefficient (Wildman–Crippen LogP) is 1.40. The van der Waals surface area contributed by atoms with E-state index in [1.807, 2.05) is 0 Å². The average Bonchev–Trinajstić information content (AvgIpc) is 2.38. The van der Waals surface area contributed by atoms with Crippen molar-refractivity contribution in [3.8, 4) is 11.8 Å². The zero-order valence-corrected chi connectivity index (χ0v) is 10.4. The Morgan fingerprint density at radius 1 is 1.39 bits per heavy atom. The summed E-state index contributed by atoms with van der Waals surface area (Å²) in [6.07, 6.45) is 1.16. The molecule has 1 amide bonds. The zero-order chi connectivity index (χ0) is 13.2. The Labute approximate surface area is 107 Å². The molecule has 0 aliphatic rings. The van der Waals surface area contributed by atoms with Crippen LogP contribution in [-0.4, -0.2) is 31.3 Å². The van der Waals surface area contributed by atoms with Crippen molar-refractivity contribution in [1.82, 2.24) is 0 Å². The Balaban J connectivity index is 2.45. The number of amides is 1. The second-order valence-electron chi connectivity index (χ2n) is 3.68. The fraction of sp³-hybridized carbons (Fsp3) is 0.357. The van der Waals surface area contributed by atoms with Gasteiger partial charge in [0, 0.05) is 31.4 Å². The Morgan fingerprint density at radius 3 is 2.72 bits per heavy atom. The van der Waals surface area contributed by atoms with Gasteiger partial charge in [-0.2, -0.15) is 0 Å². The first kappa shape index (κ1) is 14.2. The van der Waals surface area contributed by atoms with Crippen LogP contribution in [0.15, 0.2) is 24.3 Å². The smallest absolute Gasteiger partial charge is 0.224 e. The molecule has 1 rings (SSSR count). The molecule has 18 heavy (non-hydrogen) atoms. The van der Waals surface area contributed by atoms with Gasteiger partial charge in [-0.15, -0.1) is 0 Å². The lowest BCUT2D eigenvalue weighted by molar-refractivity contribution is -0.116. The van der Waals surface area contributed by atoms with Crippen LogP contribution in [0, 0.1) is 11.8 Å². The molecule has 4 nitrogen and oxygen atoms in total. The van der Waals surface area contributed by atoms with E-state index in [2.05, 4.69) is 17.2 Å². The first-order chi connectivity index (χ1) is 8.76. The number of hydrogen-bond donors (Lipinski definition) is 2. The molecule has 1 aromatic carbocycles. The summed E-state index contributed by atoms with van der Waals surface area (Å²) in [5, 5.41) is 11.4. The zero-order valence-electron chi connectivity index (χ0n) is 10.4. The second kappa shape index (κ2) is 8.29. The maximum absolute atomic E-state index is 11.5. The number of carbonyl (C=O) groups excluding carboxylic acids is 1. The van der Waals surface area contributed by atoms with Gasteiger partial charge in [0.05, 0.1) is 0 Å². The van der Waals surface area contributed by atoms with E-state index < -0.39 is 0 Å². The molecule has 0 aliphatic heterocycles. The van der Waals surface area contributed by atoms with Crippen molar-refractivity contribution in [2.45, 2.75) is 12.8 Å². The topological polar surface area (TPSA) is 58.6 Å². The van der Waals surface area contributed by atoms with E-state index in [0.29, 0.717) is 19.4 Å². The van der Waals surface area contributed by atoms with Crippen LogP contribution >= 0.6 is 0 Å². The molecule has 0 unspecified atom stereocenters. The lowest BCUT2D eigenvalue weighted by Crippen LogP contribution is -2.11. The quantitative estimate of drug-likeness (QED) is 0.610. The van der Waals surface area contributed by atoms with Crippen molar-refractivity contribution in [3.63, 3.8) is 0 Å². The molecule has 0 aromatic heterocycles. The van der Waals surface area contributed by atoms with E-state index >= 15 is 0 Å². The van der Waals surface area contributed by atoms with Gasteiger partial charge in [-0.25, -0.2) is 0 Å². The number of methoxy groups -OCH3 is 1. The lowest BCUT2D eigenvalue weighted by atomic mass is 10.2. The number of anilines is 1. The van der Waals surface area contributed by atoms with E-state index in [1.165, 1.54) is 0 Å². The highest BCUT2D eigenvalue weighted by atomic mass is 16.5. The molecule has 0 saturated carbocycles. The third-order valence-electron chi connectivity index (χ3n) is 2.23. The minimum atomic E-state index is -0.155. The monoisotopic (exact) mass is 247 g/mol. The fourth-order valence-electron chi connectivity index (χ4n) is 1.38. The Morgan fingerprint density at radius 2 is 2.11 bits per heavy atom. The summed E-state index contributed by atoms with van der Waals surface area (Å²) in [6.45, 7) is 0.432. The average molecular weight is 247 g/mol. The van der Waals surface area contributed by atoms with Gasteiger partial charge in [0.15, 0.2) is 0 Å². The standard InChI is InChI=1S/C14H17NO3/c1-18-11-3-5-14(17)15-13-8-6-12(7-9-13)4-2-10-16/h6-9,16H,3,5,10-11H2,1H3,(H,15,17). The maximum atomic E-state index is 11.5. The molecule has 0 spiro atoms.